The van der Waals surface area contributed by atoms with E-state index in [1.54, 1.807) is 7.11 Å². The molecule has 1 N–H and O–H groups in total. The van der Waals surface area contributed by atoms with Gasteiger partial charge in [0.25, 0.3) is 5.91 Å². The molecule has 6 heteroatoms. The van der Waals surface area contributed by atoms with Gasteiger partial charge in [0.15, 0.2) is 5.69 Å². The summed E-state index contributed by atoms with van der Waals surface area (Å²) in [5, 5.41) is 7.34. The maximum atomic E-state index is 13.1. The number of ether oxygens (including phenoxy) is 2. The van der Waals surface area contributed by atoms with E-state index in [4.69, 9.17) is 9.47 Å². The molecule has 0 saturated heterocycles. The van der Waals surface area contributed by atoms with Crippen molar-refractivity contribution in [2.45, 2.75) is 45.4 Å². The Labute approximate surface area is 147 Å². The zero-order chi connectivity index (χ0) is 17.6. The van der Waals surface area contributed by atoms with Crippen molar-refractivity contribution in [1.29, 1.82) is 0 Å². The van der Waals surface area contributed by atoms with Crippen molar-refractivity contribution in [3.05, 3.63) is 46.3 Å². The average Bonchev–Trinajstić information content (AvgIpc) is 3.04. The fourth-order valence-electron chi connectivity index (χ4n) is 3.91. The van der Waals surface area contributed by atoms with E-state index in [9.17, 15) is 4.79 Å². The molecule has 4 rings (SSSR count). The van der Waals surface area contributed by atoms with Crippen LogP contribution in [-0.4, -0.2) is 40.8 Å². The molecule has 6 nitrogen and oxygen atoms in total. The van der Waals surface area contributed by atoms with Crippen LogP contribution in [0.3, 0.4) is 0 Å². The van der Waals surface area contributed by atoms with Crippen LogP contribution >= 0.6 is 0 Å². The third-order valence-corrected chi connectivity index (χ3v) is 5.17. The van der Waals surface area contributed by atoms with Crippen molar-refractivity contribution in [3.8, 4) is 5.75 Å². The van der Waals surface area contributed by atoms with Gasteiger partial charge in [-0.25, -0.2) is 0 Å². The largest absolute Gasteiger partial charge is 0.496 e. The fraction of sp³-hybridized carbons (Fsp3) is 0.474. The molecular formula is C19H23N3O3. The predicted octanol–water partition coefficient (Wildman–Crippen LogP) is 2.64. The number of nitrogens with one attached hydrogen (secondary N) is 1. The lowest BCUT2D eigenvalue weighted by Crippen LogP contribution is -2.37. The zero-order valence-corrected chi connectivity index (χ0v) is 14.8. The van der Waals surface area contributed by atoms with Gasteiger partial charge in [-0.05, 0) is 31.9 Å². The molecule has 2 aliphatic rings. The molecule has 0 saturated carbocycles. The molecule has 132 valence electrons. The van der Waals surface area contributed by atoms with Gasteiger partial charge in [0.1, 0.15) is 5.75 Å². The van der Waals surface area contributed by atoms with Gasteiger partial charge in [0, 0.05) is 30.6 Å². The maximum absolute atomic E-state index is 13.1. The van der Waals surface area contributed by atoms with Crippen LogP contribution in [-0.2, 0) is 24.1 Å². The van der Waals surface area contributed by atoms with Gasteiger partial charge in [-0.2, -0.15) is 5.10 Å². The smallest absolute Gasteiger partial charge is 0.274 e. The summed E-state index contributed by atoms with van der Waals surface area (Å²) in [5.41, 5.74) is 4.82. The number of benzene rings is 1. The first-order valence-electron chi connectivity index (χ1n) is 8.75. The monoisotopic (exact) mass is 341 g/mol. The molecule has 0 radical (unpaired) electrons. The van der Waals surface area contributed by atoms with E-state index >= 15 is 0 Å². The number of methoxy groups -OCH3 is 1. The highest BCUT2D eigenvalue weighted by molar-refractivity contribution is 5.94. The van der Waals surface area contributed by atoms with E-state index in [1.807, 2.05) is 30.9 Å². The molecule has 25 heavy (non-hydrogen) atoms. The van der Waals surface area contributed by atoms with E-state index in [2.05, 4.69) is 16.3 Å². The van der Waals surface area contributed by atoms with Gasteiger partial charge in [-0.3, -0.25) is 9.89 Å². The molecule has 3 heterocycles. The summed E-state index contributed by atoms with van der Waals surface area (Å²) in [6.07, 6.45) is 1.58. The molecule has 1 aromatic heterocycles. The van der Waals surface area contributed by atoms with Gasteiger partial charge in [-0.1, -0.05) is 12.1 Å². The van der Waals surface area contributed by atoms with Crippen LogP contribution in [0.15, 0.2) is 18.2 Å². The van der Waals surface area contributed by atoms with E-state index in [0.29, 0.717) is 25.2 Å². The topological polar surface area (TPSA) is 67.5 Å². The average molecular weight is 341 g/mol. The van der Waals surface area contributed by atoms with Gasteiger partial charge in [0.2, 0.25) is 0 Å². The Morgan fingerprint density at radius 1 is 1.36 bits per heavy atom. The van der Waals surface area contributed by atoms with E-state index in [-0.39, 0.29) is 18.1 Å². The number of rotatable bonds is 2. The van der Waals surface area contributed by atoms with Crippen LogP contribution in [0.5, 0.6) is 5.75 Å². The van der Waals surface area contributed by atoms with Gasteiger partial charge in [-0.15, -0.1) is 0 Å². The highest BCUT2D eigenvalue weighted by atomic mass is 16.5. The molecule has 2 aliphatic heterocycles. The molecular weight excluding hydrogens is 318 g/mol. The van der Waals surface area contributed by atoms with Crippen LogP contribution in [0.2, 0.25) is 0 Å². The summed E-state index contributed by atoms with van der Waals surface area (Å²) < 4.78 is 11.3. The SMILES string of the molecule is COc1cccc2c1CN(C(=O)c1n[nH]c3c1C[C@H](C)O[C@@H]3C)CC2. The lowest BCUT2D eigenvalue weighted by Gasteiger charge is -2.30. The second kappa shape index (κ2) is 6.19. The molecule has 0 aliphatic carbocycles. The number of nitrogens with zero attached hydrogens (tertiary/aromatic N) is 2. The number of fused-ring (bicyclic) bond motifs is 2. The second-order valence-electron chi connectivity index (χ2n) is 6.83. The van der Waals surface area contributed by atoms with Crippen LogP contribution < -0.4 is 4.74 Å². The first-order chi connectivity index (χ1) is 12.1. The minimum Gasteiger partial charge on any atom is -0.496 e. The van der Waals surface area contributed by atoms with Crippen LogP contribution in [0.4, 0.5) is 0 Å². The summed E-state index contributed by atoms with van der Waals surface area (Å²) in [6, 6.07) is 6.06. The van der Waals surface area contributed by atoms with Crippen LogP contribution in [0.1, 0.15) is 52.8 Å². The third kappa shape index (κ3) is 2.70. The molecule has 1 amide bonds. The maximum Gasteiger partial charge on any atom is 0.274 e. The Hall–Kier alpha value is -2.34. The van der Waals surface area contributed by atoms with Crippen molar-refractivity contribution >= 4 is 5.91 Å². The predicted molar refractivity (Wildman–Crippen MR) is 92.7 cm³/mol. The van der Waals surface area contributed by atoms with E-state index in [1.165, 1.54) is 5.56 Å². The molecule has 0 bridgehead atoms. The molecule has 2 aromatic rings. The summed E-state index contributed by atoms with van der Waals surface area (Å²) in [5.74, 6) is 0.824. The first-order valence-corrected chi connectivity index (χ1v) is 8.75. The van der Waals surface area contributed by atoms with Gasteiger partial charge < -0.3 is 14.4 Å². The minimum absolute atomic E-state index is 0.0182. The highest BCUT2D eigenvalue weighted by Crippen LogP contribution is 2.32. The Bertz CT molecular complexity index is 800. The van der Waals surface area contributed by atoms with E-state index < -0.39 is 0 Å². The number of H-pyrrole nitrogens is 1. The van der Waals surface area contributed by atoms with Gasteiger partial charge in [0.05, 0.1) is 25.0 Å². The summed E-state index contributed by atoms with van der Waals surface area (Å²) >= 11 is 0. The highest BCUT2D eigenvalue weighted by Gasteiger charge is 2.32. The summed E-state index contributed by atoms with van der Waals surface area (Å²) in [7, 11) is 1.67. The Balaban J connectivity index is 1.63. The van der Waals surface area contributed by atoms with E-state index in [0.717, 1.165) is 29.0 Å². The number of carbonyl (C=O) groups is 1. The lowest BCUT2D eigenvalue weighted by atomic mass is 9.96. The fourth-order valence-corrected chi connectivity index (χ4v) is 3.91. The molecule has 1 aromatic carbocycles. The van der Waals surface area contributed by atoms with Crippen molar-refractivity contribution in [1.82, 2.24) is 15.1 Å². The van der Waals surface area contributed by atoms with Gasteiger partial charge >= 0.3 is 0 Å². The second-order valence-corrected chi connectivity index (χ2v) is 6.83. The van der Waals surface area contributed by atoms with Crippen molar-refractivity contribution in [2.24, 2.45) is 0 Å². The lowest BCUT2D eigenvalue weighted by molar-refractivity contribution is -0.00702. The van der Waals surface area contributed by atoms with Crippen molar-refractivity contribution in [2.75, 3.05) is 13.7 Å². The quantitative estimate of drug-likeness (QED) is 0.912. The van der Waals surface area contributed by atoms with Crippen LogP contribution in [0, 0.1) is 0 Å². The molecule has 0 spiro atoms. The number of amides is 1. The molecule has 2 atom stereocenters. The number of aromatic nitrogens is 2. The first kappa shape index (κ1) is 16.1. The summed E-state index contributed by atoms with van der Waals surface area (Å²) in [4.78, 5) is 15.0. The standard InChI is InChI=1S/C19H23N3O3/c1-11-9-14-17(12(2)25-11)20-21-18(14)19(23)22-8-7-13-5-4-6-16(24-3)15(13)10-22/h4-6,11-12H,7-10H2,1-3H3,(H,20,21)/t11-,12+/m0/s1. The number of hydrogen-bond donors (Lipinski definition) is 1. The number of hydrogen-bond acceptors (Lipinski definition) is 4. The third-order valence-electron chi connectivity index (χ3n) is 5.17. The molecule has 0 fully saturated rings. The summed E-state index contributed by atoms with van der Waals surface area (Å²) in [6.45, 7) is 5.27. The van der Waals surface area contributed by atoms with Crippen molar-refractivity contribution in [3.63, 3.8) is 0 Å². The number of carbonyl (C=O) groups excluding carboxylic acids is 1. The van der Waals surface area contributed by atoms with Crippen molar-refractivity contribution < 1.29 is 14.3 Å². The molecule has 0 unspecified atom stereocenters. The Morgan fingerprint density at radius 2 is 2.20 bits per heavy atom. The Kier molecular flexibility index (Phi) is 4.00. The Morgan fingerprint density at radius 3 is 3.00 bits per heavy atom. The minimum atomic E-state index is -0.0602. The zero-order valence-electron chi connectivity index (χ0n) is 14.8. The van der Waals surface area contributed by atoms with Crippen LogP contribution in [0.25, 0.3) is 0 Å². The number of aromatic amines is 1. The normalized spacial score (nSPS) is 22.3.